The number of aliphatic carboxylic acids is 1. The average Bonchev–Trinajstić information content (AvgIpc) is 2.82. The fourth-order valence-corrected chi connectivity index (χ4v) is 2.86. The van der Waals surface area contributed by atoms with Crippen molar-refractivity contribution in [3.8, 4) is 5.75 Å². The molecule has 0 aliphatic carbocycles. The van der Waals surface area contributed by atoms with Crippen LogP contribution in [0.15, 0.2) is 24.3 Å². The van der Waals surface area contributed by atoms with E-state index in [0.717, 1.165) is 17.7 Å². The Morgan fingerprint density at radius 1 is 1.41 bits per heavy atom. The lowest BCUT2D eigenvalue weighted by Gasteiger charge is -2.31. The van der Waals surface area contributed by atoms with Gasteiger partial charge in [-0.25, -0.2) is 4.79 Å². The molecule has 22 heavy (non-hydrogen) atoms. The van der Waals surface area contributed by atoms with Crippen molar-refractivity contribution < 1.29 is 19.4 Å². The van der Waals surface area contributed by atoms with Gasteiger partial charge in [0.15, 0.2) is 0 Å². The number of ether oxygens (including phenoxy) is 1. The second-order valence-electron chi connectivity index (χ2n) is 6.22. The average molecular weight is 305 g/mol. The number of amides is 1. The Morgan fingerprint density at radius 3 is 2.77 bits per heavy atom. The van der Waals surface area contributed by atoms with Crippen molar-refractivity contribution >= 4 is 11.9 Å². The highest BCUT2D eigenvalue weighted by Gasteiger charge is 2.45. The highest BCUT2D eigenvalue weighted by molar-refractivity contribution is 5.88. The third-order valence-corrected chi connectivity index (χ3v) is 4.03. The topological polar surface area (TPSA) is 66.8 Å². The van der Waals surface area contributed by atoms with Crippen LogP contribution in [-0.4, -0.2) is 40.1 Å². The Balaban J connectivity index is 2.10. The molecular weight excluding hydrogens is 282 g/mol. The summed E-state index contributed by atoms with van der Waals surface area (Å²) in [6.45, 7) is 6.02. The Labute approximate surface area is 130 Å². The quantitative estimate of drug-likeness (QED) is 0.907. The summed E-state index contributed by atoms with van der Waals surface area (Å²) in [6, 6.07) is 7.40. The second kappa shape index (κ2) is 6.38. The lowest BCUT2D eigenvalue weighted by atomic mass is 9.98. The zero-order valence-corrected chi connectivity index (χ0v) is 13.3. The number of nitrogens with zero attached hydrogens (tertiary/aromatic N) is 1. The van der Waals surface area contributed by atoms with Gasteiger partial charge in [-0.15, -0.1) is 0 Å². The number of likely N-dealkylation sites (tertiary alicyclic amines) is 1. The van der Waals surface area contributed by atoms with Crippen molar-refractivity contribution in [1.82, 2.24) is 4.90 Å². The number of carboxylic acid groups (broad SMARTS) is 1. The van der Waals surface area contributed by atoms with Crippen molar-refractivity contribution in [2.75, 3.05) is 6.54 Å². The smallest absolute Gasteiger partial charge is 0.329 e. The molecule has 0 saturated carbocycles. The van der Waals surface area contributed by atoms with Crippen LogP contribution in [0.25, 0.3) is 0 Å². The van der Waals surface area contributed by atoms with E-state index in [1.165, 1.54) is 4.90 Å². The molecule has 1 N–H and O–H groups in total. The largest absolute Gasteiger partial charge is 0.491 e. The molecule has 5 heteroatoms. The molecule has 1 heterocycles. The normalized spacial score (nSPS) is 21.2. The van der Waals surface area contributed by atoms with Crippen LogP contribution in [0.2, 0.25) is 0 Å². The van der Waals surface area contributed by atoms with Crippen LogP contribution in [0.4, 0.5) is 0 Å². The molecule has 1 amide bonds. The number of carbonyl (C=O) groups is 2. The van der Waals surface area contributed by atoms with Crippen molar-refractivity contribution in [1.29, 1.82) is 0 Å². The zero-order valence-electron chi connectivity index (χ0n) is 13.3. The molecular formula is C17H23NO4. The summed E-state index contributed by atoms with van der Waals surface area (Å²) < 4.78 is 5.62. The van der Waals surface area contributed by atoms with E-state index in [-0.39, 0.29) is 18.4 Å². The summed E-state index contributed by atoms with van der Waals surface area (Å²) in [4.78, 5) is 25.4. The van der Waals surface area contributed by atoms with Gasteiger partial charge in [-0.05, 0) is 51.3 Å². The van der Waals surface area contributed by atoms with Crippen LogP contribution in [0, 0.1) is 0 Å². The van der Waals surface area contributed by atoms with Crippen LogP contribution in [0.5, 0.6) is 5.75 Å². The van der Waals surface area contributed by atoms with Crippen molar-refractivity contribution in [2.24, 2.45) is 0 Å². The predicted molar refractivity (Wildman–Crippen MR) is 82.9 cm³/mol. The van der Waals surface area contributed by atoms with Crippen LogP contribution in [0.1, 0.15) is 39.2 Å². The fraction of sp³-hybridized carbons (Fsp3) is 0.529. The molecule has 1 saturated heterocycles. The predicted octanol–water partition coefficient (Wildman–Crippen LogP) is 2.48. The van der Waals surface area contributed by atoms with Gasteiger partial charge >= 0.3 is 5.97 Å². The van der Waals surface area contributed by atoms with Gasteiger partial charge in [0, 0.05) is 6.54 Å². The molecule has 1 atom stereocenters. The number of rotatable bonds is 5. The minimum Gasteiger partial charge on any atom is -0.491 e. The Morgan fingerprint density at radius 2 is 2.14 bits per heavy atom. The molecule has 120 valence electrons. The van der Waals surface area contributed by atoms with Crippen LogP contribution in [0.3, 0.4) is 0 Å². The zero-order chi connectivity index (χ0) is 16.3. The lowest BCUT2D eigenvalue weighted by Crippen LogP contribution is -2.51. The first-order valence-electron chi connectivity index (χ1n) is 7.62. The van der Waals surface area contributed by atoms with Gasteiger partial charge in [-0.3, -0.25) is 4.79 Å². The monoisotopic (exact) mass is 305 g/mol. The number of carboxylic acids is 1. The van der Waals surface area contributed by atoms with Gasteiger partial charge in [-0.1, -0.05) is 12.1 Å². The van der Waals surface area contributed by atoms with Gasteiger partial charge in [0.2, 0.25) is 5.91 Å². The molecule has 1 aromatic carbocycles. The van der Waals surface area contributed by atoms with Gasteiger partial charge in [0.25, 0.3) is 0 Å². The Kier molecular flexibility index (Phi) is 4.74. The number of benzene rings is 1. The minimum atomic E-state index is -1.08. The number of carbonyl (C=O) groups excluding carboxylic acids is 1. The van der Waals surface area contributed by atoms with Crippen LogP contribution < -0.4 is 4.74 Å². The summed E-state index contributed by atoms with van der Waals surface area (Å²) in [6.07, 6.45) is 1.49. The summed E-state index contributed by atoms with van der Waals surface area (Å²) in [5, 5.41) is 9.39. The molecule has 1 fully saturated rings. The first kappa shape index (κ1) is 16.3. The van der Waals surface area contributed by atoms with Crippen molar-refractivity contribution in [3.05, 3.63) is 29.8 Å². The van der Waals surface area contributed by atoms with E-state index in [2.05, 4.69) is 0 Å². The standard InChI is InChI=1S/C17H23NO4/c1-12(2)22-14-7-4-6-13(10-14)11-15(19)18-9-5-8-17(18,3)16(20)21/h4,6-7,10,12H,5,8-9,11H2,1-3H3,(H,20,21)/t17-/m1/s1. The number of hydrogen-bond acceptors (Lipinski definition) is 3. The molecule has 0 unspecified atom stereocenters. The van der Waals surface area contributed by atoms with E-state index in [4.69, 9.17) is 4.74 Å². The van der Waals surface area contributed by atoms with Crippen molar-refractivity contribution in [3.63, 3.8) is 0 Å². The summed E-state index contributed by atoms with van der Waals surface area (Å²) >= 11 is 0. The summed E-state index contributed by atoms with van der Waals surface area (Å²) in [7, 11) is 0. The van der Waals surface area contributed by atoms with Crippen LogP contribution >= 0.6 is 0 Å². The molecule has 1 aromatic rings. The van der Waals surface area contributed by atoms with E-state index >= 15 is 0 Å². The molecule has 1 aliphatic heterocycles. The van der Waals surface area contributed by atoms with E-state index in [1.54, 1.807) is 6.92 Å². The molecule has 0 bridgehead atoms. The molecule has 0 spiro atoms. The second-order valence-corrected chi connectivity index (χ2v) is 6.22. The van der Waals surface area contributed by atoms with E-state index in [9.17, 15) is 14.7 Å². The summed E-state index contributed by atoms with van der Waals surface area (Å²) in [5.41, 5.74) is -0.244. The van der Waals surface area contributed by atoms with E-state index in [1.807, 2.05) is 38.1 Å². The van der Waals surface area contributed by atoms with Crippen LogP contribution in [-0.2, 0) is 16.0 Å². The van der Waals surface area contributed by atoms with E-state index in [0.29, 0.717) is 13.0 Å². The molecule has 5 nitrogen and oxygen atoms in total. The first-order valence-corrected chi connectivity index (χ1v) is 7.62. The third kappa shape index (κ3) is 3.40. The lowest BCUT2D eigenvalue weighted by molar-refractivity contribution is -0.155. The Hall–Kier alpha value is -2.04. The highest BCUT2D eigenvalue weighted by Crippen LogP contribution is 2.30. The van der Waals surface area contributed by atoms with Gasteiger partial charge < -0.3 is 14.7 Å². The van der Waals surface area contributed by atoms with Gasteiger partial charge in [0.05, 0.1) is 12.5 Å². The molecule has 1 aliphatic rings. The van der Waals surface area contributed by atoms with Gasteiger partial charge in [-0.2, -0.15) is 0 Å². The molecule has 0 aromatic heterocycles. The van der Waals surface area contributed by atoms with Gasteiger partial charge in [0.1, 0.15) is 11.3 Å². The SMILES string of the molecule is CC(C)Oc1cccc(CC(=O)N2CCC[C@]2(C)C(=O)O)c1. The maximum Gasteiger partial charge on any atom is 0.329 e. The fourth-order valence-electron chi connectivity index (χ4n) is 2.86. The third-order valence-electron chi connectivity index (χ3n) is 4.03. The maximum absolute atomic E-state index is 12.5. The molecule has 0 radical (unpaired) electrons. The first-order chi connectivity index (χ1) is 10.3. The maximum atomic E-state index is 12.5. The van der Waals surface area contributed by atoms with Crippen molar-refractivity contribution in [2.45, 2.75) is 51.7 Å². The Bertz CT molecular complexity index is 570. The van der Waals surface area contributed by atoms with E-state index < -0.39 is 11.5 Å². The molecule has 2 rings (SSSR count). The highest BCUT2D eigenvalue weighted by atomic mass is 16.5. The number of hydrogen-bond donors (Lipinski definition) is 1. The summed E-state index contributed by atoms with van der Waals surface area (Å²) in [5.74, 6) is -0.359. The minimum absolute atomic E-state index is 0.0693.